The van der Waals surface area contributed by atoms with E-state index in [0.29, 0.717) is 6.42 Å². The van der Waals surface area contributed by atoms with E-state index >= 15 is 0 Å². The van der Waals surface area contributed by atoms with Gasteiger partial charge in [0, 0.05) is 12.5 Å². The van der Waals surface area contributed by atoms with Crippen molar-refractivity contribution in [1.29, 1.82) is 0 Å². The minimum atomic E-state index is -3.23. The van der Waals surface area contributed by atoms with Crippen molar-refractivity contribution in [2.24, 2.45) is 10.9 Å². The van der Waals surface area contributed by atoms with Gasteiger partial charge in [0.1, 0.15) is 5.84 Å². The molecule has 0 aliphatic rings. The number of nitrogens with one attached hydrogen (secondary N) is 1. The van der Waals surface area contributed by atoms with Gasteiger partial charge in [-0.15, -0.1) is 0 Å². The zero-order valence-corrected chi connectivity index (χ0v) is 9.21. The van der Waals surface area contributed by atoms with Gasteiger partial charge in [0.15, 0.2) is 0 Å². The maximum absolute atomic E-state index is 11.3. The van der Waals surface area contributed by atoms with Gasteiger partial charge in [-0.05, 0) is 13.3 Å². The van der Waals surface area contributed by atoms with Gasteiger partial charge in [-0.3, -0.25) is 0 Å². The van der Waals surface area contributed by atoms with E-state index in [1.54, 1.807) is 13.8 Å². The fraction of sp³-hybridized carbons (Fsp3) is 0.857. The predicted octanol–water partition coefficient (Wildman–Crippen LogP) is -0.159. The Hall–Kier alpha value is -0.820. The summed E-state index contributed by atoms with van der Waals surface area (Å²) in [7, 11) is -3.23. The minimum Gasteiger partial charge on any atom is -0.409 e. The smallest absolute Gasteiger partial charge is 0.211 e. The van der Waals surface area contributed by atoms with Gasteiger partial charge in [-0.25, -0.2) is 13.1 Å². The second-order valence-electron chi connectivity index (χ2n) is 3.13. The number of sulfonamides is 1. The largest absolute Gasteiger partial charge is 0.409 e. The summed E-state index contributed by atoms with van der Waals surface area (Å²) in [5, 5.41) is 11.0. The molecule has 7 heteroatoms. The highest BCUT2D eigenvalue weighted by molar-refractivity contribution is 7.89. The molecule has 1 unspecified atom stereocenters. The first-order valence-electron chi connectivity index (χ1n) is 4.37. The van der Waals surface area contributed by atoms with Gasteiger partial charge in [-0.1, -0.05) is 12.1 Å². The zero-order valence-electron chi connectivity index (χ0n) is 8.40. The maximum atomic E-state index is 11.3. The van der Waals surface area contributed by atoms with Gasteiger partial charge < -0.3 is 10.9 Å². The van der Waals surface area contributed by atoms with Crippen LogP contribution in [0.3, 0.4) is 0 Å². The van der Waals surface area contributed by atoms with Crippen molar-refractivity contribution in [3.8, 4) is 0 Å². The normalized spacial score (nSPS) is 15.4. The van der Waals surface area contributed by atoms with E-state index in [-0.39, 0.29) is 24.1 Å². The molecule has 6 nitrogen and oxygen atoms in total. The third-order valence-corrected chi connectivity index (χ3v) is 3.20. The Balaban J connectivity index is 4.12. The quantitative estimate of drug-likeness (QED) is 0.252. The topological polar surface area (TPSA) is 105 Å². The van der Waals surface area contributed by atoms with Crippen LogP contribution in [-0.2, 0) is 10.0 Å². The highest BCUT2D eigenvalue weighted by atomic mass is 32.2. The predicted molar refractivity (Wildman–Crippen MR) is 54.7 cm³/mol. The Bertz CT molecular complexity index is 287. The Morgan fingerprint density at radius 1 is 1.64 bits per heavy atom. The average molecular weight is 223 g/mol. The van der Waals surface area contributed by atoms with E-state index in [0.717, 1.165) is 0 Å². The van der Waals surface area contributed by atoms with Crippen LogP contribution in [0, 0.1) is 0 Å². The molecule has 0 aliphatic carbocycles. The SMILES string of the molecule is CCCS(=O)(=O)NC(C)CC(N)=NO. The van der Waals surface area contributed by atoms with E-state index in [4.69, 9.17) is 10.9 Å². The number of rotatable bonds is 6. The van der Waals surface area contributed by atoms with Crippen LogP contribution in [0.5, 0.6) is 0 Å². The number of oxime groups is 1. The molecule has 0 bridgehead atoms. The molecule has 0 aromatic carbocycles. The third-order valence-electron chi connectivity index (χ3n) is 1.50. The summed E-state index contributed by atoms with van der Waals surface area (Å²) in [5.41, 5.74) is 5.23. The van der Waals surface area contributed by atoms with Crippen LogP contribution in [0.15, 0.2) is 5.16 Å². The van der Waals surface area contributed by atoms with Gasteiger partial charge in [0.05, 0.1) is 5.75 Å². The van der Waals surface area contributed by atoms with Crippen molar-refractivity contribution in [3.05, 3.63) is 0 Å². The van der Waals surface area contributed by atoms with Gasteiger partial charge in [-0.2, -0.15) is 0 Å². The fourth-order valence-corrected chi connectivity index (χ4v) is 2.38. The molecule has 0 aromatic heterocycles. The van der Waals surface area contributed by atoms with Crippen LogP contribution in [0.2, 0.25) is 0 Å². The molecule has 0 amide bonds. The summed E-state index contributed by atoms with van der Waals surface area (Å²) in [6.07, 6.45) is 0.755. The fourth-order valence-electron chi connectivity index (χ4n) is 1.03. The van der Waals surface area contributed by atoms with Gasteiger partial charge in [0.25, 0.3) is 0 Å². The van der Waals surface area contributed by atoms with Crippen LogP contribution in [0.4, 0.5) is 0 Å². The summed E-state index contributed by atoms with van der Waals surface area (Å²) >= 11 is 0. The molecular weight excluding hydrogens is 206 g/mol. The molecule has 0 aromatic rings. The van der Waals surface area contributed by atoms with Crippen molar-refractivity contribution in [2.75, 3.05) is 5.75 Å². The van der Waals surface area contributed by atoms with Crippen molar-refractivity contribution in [2.45, 2.75) is 32.7 Å². The van der Waals surface area contributed by atoms with Crippen LogP contribution < -0.4 is 10.5 Å². The van der Waals surface area contributed by atoms with Crippen molar-refractivity contribution in [1.82, 2.24) is 4.72 Å². The monoisotopic (exact) mass is 223 g/mol. The maximum Gasteiger partial charge on any atom is 0.211 e. The van der Waals surface area contributed by atoms with E-state index in [9.17, 15) is 8.42 Å². The summed E-state index contributed by atoms with van der Waals surface area (Å²) in [6.45, 7) is 3.44. The van der Waals surface area contributed by atoms with Gasteiger partial charge >= 0.3 is 0 Å². The molecular formula is C7H17N3O3S. The first kappa shape index (κ1) is 13.2. The standard InChI is InChI=1S/C7H17N3O3S/c1-3-4-14(12,13)10-6(2)5-7(8)9-11/h6,10-11H,3-5H2,1-2H3,(H2,8,9). The first-order chi connectivity index (χ1) is 6.41. The average Bonchev–Trinajstić information content (AvgIpc) is 2.02. The first-order valence-corrected chi connectivity index (χ1v) is 6.03. The molecule has 0 spiro atoms. The Morgan fingerprint density at radius 3 is 2.64 bits per heavy atom. The number of hydrogen-bond donors (Lipinski definition) is 3. The highest BCUT2D eigenvalue weighted by Crippen LogP contribution is 1.96. The number of nitrogens with two attached hydrogens (primary N) is 1. The third kappa shape index (κ3) is 5.76. The second kappa shape index (κ2) is 5.82. The van der Waals surface area contributed by atoms with Crippen molar-refractivity contribution < 1.29 is 13.6 Å². The molecule has 14 heavy (non-hydrogen) atoms. The van der Waals surface area contributed by atoms with E-state index < -0.39 is 10.0 Å². The molecule has 4 N–H and O–H groups in total. The number of amidine groups is 1. The summed E-state index contributed by atoms with van der Waals surface area (Å²) in [6, 6.07) is -0.359. The molecule has 0 heterocycles. The summed E-state index contributed by atoms with van der Waals surface area (Å²) in [5.74, 6) is 0.102. The molecule has 84 valence electrons. The van der Waals surface area contributed by atoms with E-state index in [2.05, 4.69) is 9.88 Å². The molecule has 0 radical (unpaired) electrons. The summed E-state index contributed by atoms with van der Waals surface area (Å²) < 4.78 is 24.9. The Morgan fingerprint density at radius 2 is 2.21 bits per heavy atom. The van der Waals surface area contributed by atoms with E-state index in [1.165, 1.54) is 0 Å². The lowest BCUT2D eigenvalue weighted by molar-refractivity contribution is 0.316. The van der Waals surface area contributed by atoms with Crippen LogP contribution in [0.1, 0.15) is 26.7 Å². The number of nitrogens with zero attached hydrogens (tertiary/aromatic N) is 1. The second-order valence-corrected chi connectivity index (χ2v) is 5.01. The minimum absolute atomic E-state index is 0.0108. The Labute approximate surface area is 84.2 Å². The lowest BCUT2D eigenvalue weighted by atomic mass is 10.2. The van der Waals surface area contributed by atoms with E-state index in [1.807, 2.05) is 0 Å². The molecule has 0 rings (SSSR count). The summed E-state index contributed by atoms with van der Waals surface area (Å²) in [4.78, 5) is 0. The van der Waals surface area contributed by atoms with Crippen LogP contribution in [-0.4, -0.2) is 31.3 Å². The van der Waals surface area contributed by atoms with Crippen LogP contribution in [0.25, 0.3) is 0 Å². The lowest BCUT2D eigenvalue weighted by Gasteiger charge is -2.12. The molecule has 0 aliphatic heterocycles. The number of hydrogen-bond acceptors (Lipinski definition) is 4. The highest BCUT2D eigenvalue weighted by Gasteiger charge is 2.14. The zero-order chi connectivity index (χ0) is 11.2. The Kier molecular flexibility index (Phi) is 5.47. The van der Waals surface area contributed by atoms with Crippen molar-refractivity contribution in [3.63, 3.8) is 0 Å². The van der Waals surface area contributed by atoms with Crippen molar-refractivity contribution >= 4 is 15.9 Å². The van der Waals surface area contributed by atoms with Crippen LogP contribution >= 0.6 is 0 Å². The molecule has 0 fully saturated rings. The lowest BCUT2D eigenvalue weighted by Crippen LogP contribution is -2.37. The van der Waals surface area contributed by atoms with Gasteiger partial charge in [0.2, 0.25) is 10.0 Å². The molecule has 1 atom stereocenters. The molecule has 0 saturated carbocycles. The molecule has 0 saturated heterocycles.